The first-order valence-corrected chi connectivity index (χ1v) is 7.45. The Hall–Kier alpha value is -0.620. The van der Waals surface area contributed by atoms with Crippen molar-refractivity contribution in [2.45, 2.75) is 25.0 Å². The molecular formula is C13H19ClN2O2S. The number of amides is 1. The number of hydrogen-bond donors (Lipinski definition) is 1. The van der Waals surface area contributed by atoms with E-state index in [4.69, 9.17) is 4.74 Å². The van der Waals surface area contributed by atoms with E-state index >= 15 is 0 Å². The monoisotopic (exact) mass is 302 g/mol. The van der Waals surface area contributed by atoms with E-state index < -0.39 is 0 Å². The molecule has 1 aromatic heterocycles. The van der Waals surface area contributed by atoms with E-state index in [0.29, 0.717) is 13.2 Å². The number of morpholine rings is 1. The van der Waals surface area contributed by atoms with Crippen LogP contribution < -0.4 is 5.32 Å². The molecule has 2 fully saturated rings. The summed E-state index contributed by atoms with van der Waals surface area (Å²) in [4.78, 5) is 14.3. The largest absolute Gasteiger partial charge is 0.370 e. The van der Waals surface area contributed by atoms with Crippen LogP contribution in [-0.4, -0.2) is 43.1 Å². The molecule has 19 heavy (non-hydrogen) atoms. The zero-order chi connectivity index (χ0) is 12.4. The molecule has 0 aliphatic carbocycles. The van der Waals surface area contributed by atoms with E-state index in [9.17, 15) is 4.79 Å². The molecule has 6 heteroatoms. The van der Waals surface area contributed by atoms with Crippen LogP contribution in [-0.2, 0) is 9.53 Å². The smallest absolute Gasteiger partial charge is 0.239 e. The van der Waals surface area contributed by atoms with Crippen LogP contribution in [0, 0.1) is 0 Å². The van der Waals surface area contributed by atoms with Gasteiger partial charge in [0.2, 0.25) is 5.91 Å². The molecule has 0 radical (unpaired) electrons. The SMILES string of the molecule is Cl.O=C(C1CCCN1)N1CCOC(c2ccsc2)C1. The third-order valence-electron chi connectivity index (χ3n) is 3.65. The molecule has 0 bridgehead atoms. The van der Waals surface area contributed by atoms with Crippen LogP contribution in [0.4, 0.5) is 0 Å². The van der Waals surface area contributed by atoms with E-state index in [2.05, 4.69) is 22.1 Å². The van der Waals surface area contributed by atoms with E-state index in [1.165, 1.54) is 5.56 Å². The van der Waals surface area contributed by atoms with Crippen molar-refractivity contribution in [3.8, 4) is 0 Å². The third-order valence-corrected chi connectivity index (χ3v) is 4.35. The van der Waals surface area contributed by atoms with E-state index in [-0.39, 0.29) is 30.5 Å². The predicted molar refractivity (Wildman–Crippen MR) is 77.9 cm³/mol. The summed E-state index contributed by atoms with van der Waals surface area (Å²) in [6.07, 6.45) is 2.13. The standard InChI is InChI=1S/C13H18N2O2S.ClH/c16-13(11-2-1-4-14-11)15-5-6-17-12(8-15)10-3-7-18-9-10;/h3,7,9,11-12,14H,1-2,4-6,8H2;1H. The van der Waals surface area contributed by atoms with Crippen LogP contribution in [0.3, 0.4) is 0 Å². The second-order valence-corrected chi connectivity index (χ2v) is 5.63. The number of rotatable bonds is 2. The lowest BCUT2D eigenvalue weighted by atomic mass is 10.1. The van der Waals surface area contributed by atoms with Crippen molar-refractivity contribution in [1.29, 1.82) is 0 Å². The number of thiophene rings is 1. The summed E-state index contributed by atoms with van der Waals surface area (Å²) in [5.74, 6) is 0.246. The zero-order valence-electron chi connectivity index (χ0n) is 10.7. The molecule has 0 aromatic carbocycles. The summed E-state index contributed by atoms with van der Waals surface area (Å²) >= 11 is 1.67. The third kappa shape index (κ3) is 3.28. The summed E-state index contributed by atoms with van der Waals surface area (Å²) in [6.45, 7) is 3.01. The molecule has 2 unspecified atom stereocenters. The number of hydrogen-bond acceptors (Lipinski definition) is 4. The molecule has 2 atom stereocenters. The van der Waals surface area contributed by atoms with E-state index in [1.54, 1.807) is 11.3 Å². The van der Waals surface area contributed by atoms with Gasteiger partial charge in [-0.15, -0.1) is 12.4 Å². The van der Waals surface area contributed by atoms with Gasteiger partial charge < -0.3 is 15.0 Å². The van der Waals surface area contributed by atoms with Gasteiger partial charge in [-0.05, 0) is 41.8 Å². The van der Waals surface area contributed by atoms with Crippen molar-refractivity contribution >= 4 is 29.7 Å². The van der Waals surface area contributed by atoms with Gasteiger partial charge in [0.25, 0.3) is 0 Å². The normalized spacial score (nSPS) is 27.1. The number of carbonyl (C=O) groups is 1. The van der Waals surface area contributed by atoms with Crippen molar-refractivity contribution in [3.63, 3.8) is 0 Å². The number of halogens is 1. The molecule has 106 valence electrons. The fraction of sp³-hybridized carbons (Fsp3) is 0.615. The molecule has 2 aliphatic rings. The minimum absolute atomic E-state index is 0. The van der Waals surface area contributed by atoms with Gasteiger partial charge in [-0.3, -0.25) is 4.79 Å². The average molecular weight is 303 g/mol. The highest BCUT2D eigenvalue weighted by Gasteiger charge is 2.31. The molecule has 4 nitrogen and oxygen atoms in total. The number of ether oxygens (including phenoxy) is 1. The second kappa shape index (κ2) is 6.70. The topological polar surface area (TPSA) is 41.6 Å². The Balaban J connectivity index is 0.00000133. The molecule has 1 N–H and O–H groups in total. The first kappa shape index (κ1) is 14.8. The minimum atomic E-state index is 0. The van der Waals surface area contributed by atoms with Crippen LogP contribution in [0.15, 0.2) is 16.8 Å². The van der Waals surface area contributed by atoms with E-state index in [1.807, 2.05) is 4.90 Å². The Morgan fingerprint density at radius 1 is 1.53 bits per heavy atom. The molecule has 2 aliphatic heterocycles. The minimum Gasteiger partial charge on any atom is -0.370 e. The van der Waals surface area contributed by atoms with Gasteiger partial charge in [-0.1, -0.05) is 0 Å². The maximum Gasteiger partial charge on any atom is 0.239 e. The Morgan fingerprint density at radius 2 is 2.42 bits per heavy atom. The van der Waals surface area contributed by atoms with Crippen molar-refractivity contribution in [2.24, 2.45) is 0 Å². The van der Waals surface area contributed by atoms with Gasteiger partial charge in [-0.2, -0.15) is 11.3 Å². The highest BCUT2D eigenvalue weighted by Crippen LogP contribution is 2.25. The first-order chi connectivity index (χ1) is 8.84. The molecule has 3 rings (SSSR count). The Bertz CT molecular complexity index is 407. The molecule has 0 spiro atoms. The van der Waals surface area contributed by atoms with Crippen LogP contribution in [0.2, 0.25) is 0 Å². The van der Waals surface area contributed by atoms with Crippen molar-refractivity contribution in [3.05, 3.63) is 22.4 Å². The zero-order valence-corrected chi connectivity index (χ0v) is 12.3. The number of nitrogens with zero attached hydrogens (tertiary/aromatic N) is 1. The molecule has 2 saturated heterocycles. The lowest BCUT2D eigenvalue weighted by molar-refractivity contribution is -0.140. The first-order valence-electron chi connectivity index (χ1n) is 6.50. The van der Waals surface area contributed by atoms with Crippen LogP contribution >= 0.6 is 23.7 Å². The van der Waals surface area contributed by atoms with Gasteiger partial charge in [0.05, 0.1) is 19.2 Å². The maximum absolute atomic E-state index is 12.3. The van der Waals surface area contributed by atoms with Gasteiger partial charge >= 0.3 is 0 Å². The van der Waals surface area contributed by atoms with Gasteiger partial charge in [0.15, 0.2) is 0 Å². The molecule has 1 amide bonds. The Morgan fingerprint density at radius 3 is 3.11 bits per heavy atom. The maximum atomic E-state index is 12.3. The van der Waals surface area contributed by atoms with Gasteiger partial charge in [0, 0.05) is 6.54 Å². The van der Waals surface area contributed by atoms with Crippen molar-refractivity contribution in [1.82, 2.24) is 10.2 Å². The highest BCUT2D eigenvalue weighted by atomic mass is 35.5. The highest BCUT2D eigenvalue weighted by molar-refractivity contribution is 7.07. The number of carbonyl (C=O) groups excluding carboxylic acids is 1. The van der Waals surface area contributed by atoms with Crippen molar-refractivity contribution < 1.29 is 9.53 Å². The quantitative estimate of drug-likeness (QED) is 0.906. The summed E-state index contributed by atoms with van der Waals surface area (Å²) in [7, 11) is 0. The summed E-state index contributed by atoms with van der Waals surface area (Å²) in [5, 5.41) is 7.43. The van der Waals surface area contributed by atoms with Crippen LogP contribution in [0.5, 0.6) is 0 Å². The Labute approximate surface area is 123 Å². The van der Waals surface area contributed by atoms with Crippen LogP contribution in [0.1, 0.15) is 24.5 Å². The molecule has 1 aromatic rings. The molecule has 3 heterocycles. The average Bonchev–Trinajstić information content (AvgIpc) is 3.11. The molecule has 0 saturated carbocycles. The lowest BCUT2D eigenvalue weighted by Crippen LogP contribution is -2.49. The van der Waals surface area contributed by atoms with E-state index in [0.717, 1.165) is 25.9 Å². The van der Waals surface area contributed by atoms with Gasteiger partial charge in [0.1, 0.15) is 6.10 Å². The van der Waals surface area contributed by atoms with Gasteiger partial charge in [-0.25, -0.2) is 0 Å². The lowest BCUT2D eigenvalue weighted by Gasteiger charge is -2.34. The fourth-order valence-corrected chi connectivity index (χ4v) is 3.33. The fourth-order valence-electron chi connectivity index (χ4n) is 2.63. The second-order valence-electron chi connectivity index (χ2n) is 4.85. The van der Waals surface area contributed by atoms with Crippen LogP contribution in [0.25, 0.3) is 0 Å². The molecular weight excluding hydrogens is 284 g/mol. The number of nitrogens with one attached hydrogen (secondary N) is 1. The van der Waals surface area contributed by atoms with Crippen molar-refractivity contribution in [2.75, 3.05) is 26.2 Å². The summed E-state index contributed by atoms with van der Waals surface area (Å²) in [6, 6.07) is 2.11. The Kier molecular flexibility index (Phi) is 5.21. The predicted octanol–water partition coefficient (Wildman–Crippen LogP) is 1.82. The summed E-state index contributed by atoms with van der Waals surface area (Å²) < 4.78 is 5.76. The summed E-state index contributed by atoms with van der Waals surface area (Å²) in [5.41, 5.74) is 1.19.